The van der Waals surface area contributed by atoms with Gasteiger partial charge in [-0.1, -0.05) is 0 Å². The Morgan fingerprint density at radius 1 is 0.750 bits per heavy atom. The molecule has 60 heavy (non-hydrogen) atoms. The molecule has 5 heterocycles. The molecule has 332 valence electrons. The number of aliphatic hydroxyl groups excluding tert-OH is 9. The summed E-state index contributed by atoms with van der Waals surface area (Å²) in [4.78, 5) is 14.1. The third-order valence-corrected chi connectivity index (χ3v) is 10.7. The lowest BCUT2D eigenvalue weighted by Gasteiger charge is -2.45. The molecule has 4 fully saturated rings. The van der Waals surface area contributed by atoms with Crippen molar-refractivity contribution in [3.05, 3.63) is 46.6 Å². The van der Waals surface area contributed by atoms with Gasteiger partial charge >= 0.3 is 0 Å². The first-order chi connectivity index (χ1) is 28.4. The minimum atomic E-state index is -2.21. The highest BCUT2D eigenvalue weighted by Crippen LogP contribution is 2.39. The second-order valence-electron chi connectivity index (χ2n) is 15.0. The van der Waals surface area contributed by atoms with E-state index in [9.17, 15) is 71.2 Å². The molecule has 7 rings (SSSR count). The maximum Gasteiger partial charge on any atom is 0.239 e. The minimum Gasteiger partial charge on any atom is -0.508 e. The number of phenols is 3. The van der Waals surface area contributed by atoms with Crippen molar-refractivity contribution in [3.63, 3.8) is 0 Å². The van der Waals surface area contributed by atoms with Gasteiger partial charge in [0.05, 0.1) is 32.5 Å². The molecule has 0 radical (unpaired) electrons. The molecule has 0 aliphatic carbocycles. The van der Waals surface area contributed by atoms with Gasteiger partial charge in [0.1, 0.15) is 94.9 Å². The molecule has 17 unspecified atom stereocenters. The predicted octanol–water partition coefficient (Wildman–Crippen LogP) is -4.46. The van der Waals surface area contributed by atoms with Gasteiger partial charge in [0.25, 0.3) is 0 Å². The van der Waals surface area contributed by atoms with Crippen molar-refractivity contribution < 1.29 is 109 Å². The molecule has 0 spiro atoms. The molecule has 4 aliphatic heterocycles. The molecule has 4 aliphatic rings. The van der Waals surface area contributed by atoms with Gasteiger partial charge in [-0.2, -0.15) is 0 Å². The number of hydrogen-bond donors (Lipinski definition) is 13. The van der Waals surface area contributed by atoms with Crippen molar-refractivity contribution in [3.8, 4) is 34.3 Å². The van der Waals surface area contributed by atoms with Gasteiger partial charge in [0.15, 0.2) is 30.7 Å². The molecule has 0 bridgehead atoms. The van der Waals surface area contributed by atoms with Crippen LogP contribution in [0.5, 0.6) is 23.0 Å². The van der Waals surface area contributed by atoms with Crippen LogP contribution in [-0.4, -0.2) is 197 Å². The van der Waals surface area contributed by atoms with Crippen molar-refractivity contribution >= 4 is 11.0 Å². The second kappa shape index (κ2) is 17.5. The maximum absolute atomic E-state index is 14.1. The van der Waals surface area contributed by atoms with E-state index in [0.29, 0.717) is 0 Å². The summed E-state index contributed by atoms with van der Waals surface area (Å²) >= 11 is 0. The fraction of sp³-hybridized carbons (Fsp3) is 0.595. The zero-order chi connectivity index (χ0) is 43.4. The molecule has 1 aromatic heterocycles. The number of fused-ring (bicyclic) bond motifs is 1. The Morgan fingerprint density at radius 2 is 1.45 bits per heavy atom. The molecule has 0 amide bonds. The van der Waals surface area contributed by atoms with Crippen LogP contribution in [0.1, 0.15) is 6.92 Å². The van der Waals surface area contributed by atoms with Gasteiger partial charge in [-0.3, -0.25) is 4.79 Å². The van der Waals surface area contributed by atoms with E-state index in [1.807, 2.05) is 0 Å². The van der Waals surface area contributed by atoms with Crippen molar-refractivity contribution in [2.75, 3.05) is 26.4 Å². The molecule has 17 atom stereocenters. The first kappa shape index (κ1) is 44.2. The van der Waals surface area contributed by atoms with Crippen LogP contribution in [0.4, 0.5) is 0 Å². The second-order valence-corrected chi connectivity index (χ2v) is 15.0. The summed E-state index contributed by atoms with van der Waals surface area (Å²) in [6.45, 7) is -1.41. The molecule has 3 aromatic rings. The number of benzene rings is 2. The number of phenolic OH excluding ortho intramolecular Hbond substituents is 3. The van der Waals surface area contributed by atoms with E-state index in [1.54, 1.807) is 0 Å². The third-order valence-electron chi connectivity index (χ3n) is 10.7. The van der Waals surface area contributed by atoms with E-state index in [-0.39, 0.29) is 22.7 Å². The van der Waals surface area contributed by atoms with E-state index >= 15 is 0 Å². The Balaban J connectivity index is 1.19. The predicted molar refractivity (Wildman–Crippen MR) is 192 cm³/mol. The van der Waals surface area contributed by atoms with Gasteiger partial charge in [0.2, 0.25) is 17.5 Å². The molecule has 23 nitrogen and oxygen atoms in total. The van der Waals surface area contributed by atoms with Gasteiger partial charge in [-0.05, 0) is 31.2 Å². The fourth-order valence-electron chi connectivity index (χ4n) is 7.18. The van der Waals surface area contributed by atoms with Crippen molar-refractivity contribution in [2.45, 2.75) is 111 Å². The summed E-state index contributed by atoms with van der Waals surface area (Å²) < 4.78 is 51.4. The molecular weight excluding hydrogens is 812 g/mol. The molecule has 4 saturated heterocycles. The smallest absolute Gasteiger partial charge is 0.239 e. The number of aromatic hydroxyl groups is 3. The zero-order valence-corrected chi connectivity index (χ0v) is 31.4. The number of ether oxygens (including phenoxy) is 8. The lowest BCUT2D eigenvalue weighted by Crippen LogP contribution is -2.64. The number of aliphatic hydroxyl groups is 10. The Morgan fingerprint density at radius 3 is 2.13 bits per heavy atom. The molecule has 0 saturated carbocycles. The zero-order valence-electron chi connectivity index (χ0n) is 31.4. The van der Waals surface area contributed by atoms with Crippen LogP contribution >= 0.6 is 0 Å². The van der Waals surface area contributed by atoms with E-state index in [2.05, 4.69) is 0 Å². The van der Waals surface area contributed by atoms with Crippen molar-refractivity contribution in [1.82, 2.24) is 0 Å². The quantitative estimate of drug-likeness (QED) is 0.0865. The molecular formula is C37H46O23. The Kier molecular flexibility index (Phi) is 12.9. The molecule has 2 aromatic carbocycles. The summed E-state index contributed by atoms with van der Waals surface area (Å²) in [5.41, 5.74) is -3.45. The van der Waals surface area contributed by atoms with Gasteiger partial charge < -0.3 is 109 Å². The highest BCUT2D eigenvalue weighted by atomic mass is 16.8. The highest BCUT2D eigenvalue weighted by Gasteiger charge is 2.55. The Bertz CT molecular complexity index is 2010. The monoisotopic (exact) mass is 858 g/mol. The van der Waals surface area contributed by atoms with Gasteiger partial charge in [0, 0.05) is 17.7 Å². The summed E-state index contributed by atoms with van der Waals surface area (Å²) in [6, 6.07) is 7.05. The van der Waals surface area contributed by atoms with Gasteiger partial charge in [-0.25, -0.2) is 0 Å². The summed E-state index contributed by atoms with van der Waals surface area (Å²) in [7, 11) is 0. The van der Waals surface area contributed by atoms with Crippen LogP contribution < -0.4 is 10.2 Å². The first-order valence-corrected chi connectivity index (χ1v) is 18.7. The van der Waals surface area contributed by atoms with Gasteiger partial charge in [-0.15, -0.1) is 0 Å². The van der Waals surface area contributed by atoms with E-state index < -0.39 is 158 Å². The molecule has 23 heteroatoms. The van der Waals surface area contributed by atoms with E-state index in [0.717, 1.165) is 12.1 Å². The highest BCUT2D eigenvalue weighted by molar-refractivity contribution is 5.88. The topological polar surface area (TPSA) is 367 Å². The summed E-state index contributed by atoms with van der Waals surface area (Å²) in [5.74, 6) is -2.42. The lowest BCUT2D eigenvalue weighted by molar-refractivity contribution is -0.355. The average Bonchev–Trinajstić information content (AvgIpc) is 3.50. The Hall–Kier alpha value is -3.83. The van der Waals surface area contributed by atoms with Crippen molar-refractivity contribution in [2.24, 2.45) is 0 Å². The largest absolute Gasteiger partial charge is 0.508 e. The number of rotatable bonds is 11. The van der Waals surface area contributed by atoms with Crippen LogP contribution in [0.3, 0.4) is 0 Å². The minimum absolute atomic E-state index is 0.106. The van der Waals surface area contributed by atoms with Crippen LogP contribution in [0.25, 0.3) is 22.3 Å². The number of hydrogen-bond acceptors (Lipinski definition) is 23. The van der Waals surface area contributed by atoms with Crippen LogP contribution in [0, 0.1) is 0 Å². The SMILES string of the molecule is CC1OC(OCC2OC(Oc3c(-c4ccc(O)cc4)oc4cc(O)cc(O)c4c3=O)C(OC3OCC(O)(CO)C3O)C(O)C2O)C(O)C(OC2OCC(O)C(O)C2O)C1O. The molecule has 13 N–H and O–H groups in total. The van der Waals surface area contributed by atoms with E-state index in [4.69, 9.17) is 42.3 Å². The van der Waals surface area contributed by atoms with Crippen LogP contribution in [0.15, 0.2) is 45.6 Å². The fourth-order valence-corrected chi connectivity index (χ4v) is 7.18. The normalized spacial score (nSPS) is 39.9. The van der Waals surface area contributed by atoms with E-state index in [1.165, 1.54) is 31.2 Å². The first-order valence-electron chi connectivity index (χ1n) is 18.7. The maximum atomic E-state index is 14.1. The lowest BCUT2D eigenvalue weighted by atomic mass is 9.97. The standard InChI is InChI=1S/C37H46O23/c1-12-21(43)29(58-33-26(48)22(44)17(42)8-52-33)27(49)34(55-12)53-9-19-23(45)25(47)31(60-36-32(50)37(51,10-38)11-54-36)35(57-19)59-30-24(46)20-16(41)6-15(40)7-18(20)56-28(30)13-2-4-14(39)5-3-13/h2-7,12,17,19,21-23,25-27,29,31-36,38-45,47-51H,8-11H2,1H3. The average molecular weight is 859 g/mol. The van der Waals surface area contributed by atoms with Crippen LogP contribution in [0.2, 0.25) is 0 Å². The summed E-state index contributed by atoms with van der Waals surface area (Å²) in [5, 5.41) is 136. The summed E-state index contributed by atoms with van der Waals surface area (Å²) in [6.07, 6.45) is -27.6. The third kappa shape index (κ3) is 8.38. The van der Waals surface area contributed by atoms with Crippen LogP contribution in [-0.2, 0) is 33.2 Å². The van der Waals surface area contributed by atoms with Crippen molar-refractivity contribution in [1.29, 1.82) is 0 Å². The Labute approximate surface area is 337 Å².